The maximum Gasteiger partial charge on any atom is 0.127 e. The van der Waals surface area contributed by atoms with Crippen molar-refractivity contribution in [1.82, 2.24) is 5.32 Å². The van der Waals surface area contributed by atoms with E-state index in [1.807, 2.05) is 37.3 Å². The number of rotatable bonds is 7. The molecule has 3 nitrogen and oxygen atoms in total. The molecule has 33 heavy (non-hydrogen) atoms. The van der Waals surface area contributed by atoms with Gasteiger partial charge in [-0.2, -0.15) is 0 Å². The third-order valence-electron chi connectivity index (χ3n) is 6.31. The van der Waals surface area contributed by atoms with Gasteiger partial charge in [-0.1, -0.05) is 60.7 Å². The van der Waals surface area contributed by atoms with Crippen LogP contribution in [0.5, 0.6) is 11.5 Å². The Kier molecular flexibility index (Phi) is 6.27. The smallest absolute Gasteiger partial charge is 0.127 e. The Morgan fingerprint density at radius 1 is 0.939 bits per heavy atom. The van der Waals surface area contributed by atoms with E-state index in [1.165, 1.54) is 22.4 Å². The summed E-state index contributed by atoms with van der Waals surface area (Å²) < 4.78 is 26.9. The Hall–Kier alpha value is -3.37. The molecule has 0 fully saturated rings. The zero-order valence-corrected chi connectivity index (χ0v) is 18.8. The molecule has 4 heteroatoms. The minimum Gasteiger partial charge on any atom is -0.494 e. The van der Waals surface area contributed by atoms with Crippen LogP contribution in [0.1, 0.15) is 36.0 Å². The van der Waals surface area contributed by atoms with Crippen LogP contribution >= 0.6 is 0 Å². The van der Waals surface area contributed by atoms with Crippen LogP contribution in [0.4, 0.5) is 4.39 Å². The Balaban J connectivity index is 1.35. The van der Waals surface area contributed by atoms with Gasteiger partial charge in [0.25, 0.3) is 0 Å². The van der Waals surface area contributed by atoms with Gasteiger partial charge in [-0.05, 0) is 59.5 Å². The van der Waals surface area contributed by atoms with Gasteiger partial charge in [0.2, 0.25) is 0 Å². The third-order valence-corrected chi connectivity index (χ3v) is 6.31. The summed E-state index contributed by atoms with van der Waals surface area (Å²) in [6, 6.07) is 27.8. The van der Waals surface area contributed by atoms with Gasteiger partial charge in [0, 0.05) is 24.6 Å². The van der Waals surface area contributed by atoms with Crippen molar-refractivity contribution in [2.75, 3.05) is 13.2 Å². The minimum atomic E-state index is -0.206. The molecule has 1 heterocycles. The van der Waals surface area contributed by atoms with Gasteiger partial charge >= 0.3 is 0 Å². The SMILES string of the molecule is CCOc1ccc(F)c(C2CC(CNCc3cccc4ccccc34)Oc3ccccc32)c1. The van der Waals surface area contributed by atoms with Crippen LogP contribution in [-0.2, 0) is 6.54 Å². The zero-order chi connectivity index (χ0) is 22.6. The van der Waals surface area contributed by atoms with Gasteiger partial charge in [-0.25, -0.2) is 4.39 Å². The van der Waals surface area contributed by atoms with Gasteiger partial charge in [-0.3, -0.25) is 0 Å². The molecule has 1 aliphatic rings. The fourth-order valence-corrected chi connectivity index (χ4v) is 4.77. The summed E-state index contributed by atoms with van der Waals surface area (Å²) in [7, 11) is 0. The molecule has 0 saturated carbocycles. The lowest BCUT2D eigenvalue weighted by molar-refractivity contribution is 0.161. The molecule has 2 atom stereocenters. The molecule has 2 unspecified atom stereocenters. The molecule has 0 aromatic heterocycles. The number of halogens is 1. The lowest BCUT2D eigenvalue weighted by atomic mass is 9.83. The van der Waals surface area contributed by atoms with E-state index in [1.54, 1.807) is 6.07 Å². The third kappa shape index (κ3) is 4.57. The van der Waals surface area contributed by atoms with Crippen LogP contribution in [-0.4, -0.2) is 19.3 Å². The lowest BCUT2D eigenvalue weighted by Gasteiger charge is -2.33. The van der Waals surface area contributed by atoms with Crippen LogP contribution < -0.4 is 14.8 Å². The van der Waals surface area contributed by atoms with Crippen LogP contribution in [0.3, 0.4) is 0 Å². The van der Waals surface area contributed by atoms with Gasteiger partial charge < -0.3 is 14.8 Å². The predicted molar refractivity (Wildman–Crippen MR) is 131 cm³/mol. The second-order valence-corrected chi connectivity index (χ2v) is 8.45. The van der Waals surface area contributed by atoms with Crippen LogP contribution in [0.2, 0.25) is 0 Å². The van der Waals surface area contributed by atoms with Crippen LogP contribution in [0, 0.1) is 5.82 Å². The first kappa shape index (κ1) is 21.5. The second kappa shape index (κ2) is 9.63. The molecular formula is C29H28FNO2. The lowest BCUT2D eigenvalue weighted by Crippen LogP contribution is -2.35. The summed E-state index contributed by atoms with van der Waals surface area (Å²) >= 11 is 0. The van der Waals surface area contributed by atoms with E-state index < -0.39 is 0 Å². The molecule has 4 aromatic rings. The molecule has 5 rings (SSSR count). The average Bonchev–Trinajstić information content (AvgIpc) is 2.85. The zero-order valence-electron chi connectivity index (χ0n) is 18.8. The fraction of sp³-hybridized carbons (Fsp3) is 0.241. The quantitative estimate of drug-likeness (QED) is 0.357. The highest BCUT2D eigenvalue weighted by molar-refractivity contribution is 5.85. The van der Waals surface area contributed by atoms with Crippen LogP contribution in [0.15, 0.2) is 84.9 Å². The highest BCUT2D eigenvalue weighted by Gasteiger charge is 2.31. The van der Waals surface area contributed by atoms with Gasteiger partial charge in [0.1, 0.15) is 23.4 Å². The average molecular weight is 442 g/mol. The van der Waals surface area contributed by atoms with E-state index in [-0.39, 0.29) is 17.8 Å². The highest BCUT2D eigenvalue weighted by atomic mass is 19.1. The topological polar surface area (TPSA) is 30.5 Å². The number of benzene rings is 4. The number of hydrogen-bond acceptors (Lipinski definition) is 3. The first-order valence-corrected chi connectivity index (χ1v) is 11.6. The summed E-state index contributed by atoms with van der Waals surface area (Å²) in [5.41, 5.74) is 2.95. The standard InChI is InChI=1S/C29H28FNO2/c1-2-32-22-14-15-28(30)27(16-22)26-17-23(33-29-13-6-5-12-25(26)29)19-31-18-21-10-7-9-20-8-3-4-11-24(20)21/h3-16,23,26,31H,2,17-19H2,1H3. The van der Waals surface area contributed by atoms with Crippen molar-refractivity contribution in [1.29, 1.82) is 0 Å². The van der Waals surface area contributed by atoms with Crippen molar-refractivity contribution >= 4 is 10.8 Å². The summed E-state index contributed by atoms with van der Waals surface area (Å²) in [6.45, 7) is 3.92. The Labute approximate surface area is 194 Å². The van der Waals surface area contributed by atoms with Crippen molar-refractivity contribution in [2.24, 2.45) is 0 Å². The number of fused-ring (bicyclic) bond motifs is 2. The molecule has 0 radical (unpaired) electrons. The molecule has 0 aliphatic carbocycles. The fourth-order valence-electron chi connectivity index (χ4n) is 4.77. The minimum absolute atomic E-state index is 0.0602. The van der Waals surface area contributed by atoms with E-state index in [4.69, 9.17) is 9.47 Å². The summed E-state index contributed by atoms with van der Waals surface area (Å²) in [4.78, 5) is 0. The maximum absolute atomic E-state index is 14.9. The summed E-state index contributed by atoms with van der Waals surface area (Å²) in [6.07, 6.45) is 0.640. The van der Waals surface area contributed by atoms with Gasteiger partial charge in [0.15, 0.2) is 0 Å². The maximum atomic E-state index is 14.9. The monoisotopic (exact) mass is 441 g/mol. The highest BCUT2D eigenvalue weighted by Crippen LogP contribution is 2.42. The first-order chi connectivity index (χ1) is 16.2. The largest absolute Gasteiger partial charge is 0.494 e. The molecule has 168 valence electrons. The molecule has 0 bridgehead atoms. The molecule has 0 saturated heterocycles. The number of nitrogens with one attached hydrogen (secondary N) is 1. The normalized spacial score (nSPS) is 17.4. The number of para-hydroxylation sites is 1. The molecule has 0 amide bonds. The summed E-state index contributed by atoms with van der Waals surface area (Å²) in [5.74, 6) is 1.23. The van der Waals surface area contributed by atoms with Crippen molar-refractivity contribution in [2.45, 2.75) is 31.9 Å². The number of ether oxygens (including phenoxy) is 2. The van der Waals surface area contributed by atoms with Crippen molar-refractivity contribution in [3.8, 4) is 11.5 Å². The second-order valence-electron chi connectivity index (χ2n) is 8.45. The van der Waals surface area contributed by atoms with Crippen molar-refractivity contribution in [3.63, 3.8) is 0 Å². The van der Waals surface area contributed by atoms with Crippen molar-refractivity contribution in [3.05, 3.63) is 107 Å². The number of hydrogen-bond donors (Lipinski definition) is 1. The van der Waals surface area contributed by atoms with E-state index >= 15 is 0 Å². The van der Waals surface area contributed by atoms with Gasteiger partial charge in [-0.15, -0.1) is 0 Å². The van der Waals surface area contributed by atoms with Crippen LogP contribution in [0.25, 0.3) is 10.8 Å². The first-order valence-electron chi connectivity index (χ1n) is 11.6. The Bertz CT molecular complexity index is 1250. The Morgan fingerprint density at radius 2 is 1.76 bits per heavy atom. The predicted octanol–water partition coefficient (Wildman–Crippen LogP) is 6.45. The molecule has 1 N–H and O–H groups in total. The van der Waals surface area contributed by atoms with E-state index in [0.29, 0.717) is 30.9 Å². The van der Waals surface area contributed by atoms with E-state index in [2.05, 4.69) is 47.8 Å². The Morgan fingerprint density at radius 3 is 2.67 bits per heavy atom. The van der Waals surface area contributed by atoms with E-state index in [9.17, 15) is 4.39 Å². The summed E-state index contributed by atoms with van der Waals surface area (Å²) in [5, 5.41) is 6.07. The van der Waals surface area contributed by atoms with Gasteiger partial charge in [0.05, 0.1) is 6.61 Å². The van der Waals surface area contributed by atoms with E-state index in [0.717, 1.165) is 17.9 Å². The molecular weight excluding hydrogens is 413 g/mol. The molecule has 0 spiro atoms. The molecule has 1 aliphatic heterocycles. The van der Waals surface area contributed by atoms with Crippen molar-refractivity contribution < 1.29 is 13.9 Å². The molecule has 4 aromatic carbocycles.